The maximum absolute atomic E-state index is 13.5. The molecule has 1 saturated heterocycles. The molecule has 2 amide bonds. The van der Waals surface area contributed by atoms with Crippen molar-refractivity contribution in [2.45, 2.75) is 53.4 Å². The Morgan fingerprint density at radius 3 is 2.55 bits per heavy atom. The molecule has 0 unspecified atom stereocenters. The molecular weight excluding hydrogens is 518 g/mol. The Bertz CT molecular complexity index is 1510. The predicted octanol–water partition coefficient (Wildman–Crippen LogP) is 5.35. The lowest BCUT2D eigenvalue weighted by Gasteiger charge is -2.29. The average molecular weight is 548 g/mol. The molecule has 0 atom stereocenters. The van der Waals surface area contributed by atoms with E-state index >= 15 is 0 Å². The minimum atomic E-state index is -0.535. The number of thiophene rings is 1. The van der Waals surface area contributed by atoms with E-state index in [4.69, 9.17) is 17.0 Å². The molecule has 1 N–H and O–H groups in total. The fourth-order valence-electron chi connectivity index (χ4n) is 5.11. The number of amides is 2. The van der Waals surface area contributed by atoms with Crippen LogP contribution in [0.4, 0.5) is 5.69 Å². The first-order valence-electron chi connectivity index (χ1n) is 12.7. The van der Waals surface area contributed by atoms with Gasteiger partial charge in [0.1, 0.15) is 10.6 Å². The molecule has 0 spiro atoms. The maximum Gasteiger partial charge on any atom is 0.341 e. The number of aryl methyl sites for hydroxylation is 3. The SMILES string of the molecule is CCOC(=O)c1c(-n2c(C)cc(/C=C3\C(=O)NC(=S)N(c4ccc(C)cc4)C3=O)c2C)sc2c1CCCC2. The molecule has 0 saturated carbocycles. The molecule has 196 valence electrons. The molecule has 0 bridgehead atoms. The number of thiocarbonyl (C=S) groups is 1. The van der Waals surface area contributed by atoms with Gasteiger partial charge in [-0.25, -0.2) is 4.79 Å². The number of ether oxygens (including phenoxy) is 1. The standard InChI is InChI=1S/C29H29N3O4S2/c1-5-36-28(35)24-21-8-6-7-9-23(21)38-27(24)31-17(3)14-19(18(31)4)15-22-25(33)30-29(37)32(26(22)34)20-12-10-16(2)11-13-20/h10-15H,5-9H2,1-4H3,(H,30,33,37)/b22-15+. The molecule has 2 aromatic heterocycles. The molecule has 0 radical (unpaired) electrons. The van der Waals surface area contributed by atoms with Crippen molar-refractivity contribution in [2.75, 3.05) is 11.5 Å². The number of esters is 1. The van der Waals surface area contributed by atoms with Crippen molar-refractivity contribution in [3.8, 4) is 5.00 Å². The Hall–Kier alpha value is -3.56. The molecule has 5 rings (SSSR count). The molecule has 7 nitrogen and oxygen atoms in total. The smallest absolute Gasteiger partial charge is 0.341 e. The largest absolute Gasteiger partial charge is 0.462 e. The van der Waals surface area contributed by atoms with Crippen molar-refractivity contribution in [3.05, 3.63) is 74.4 Å². The molecular formula is C29H29N3O4S2. The highest BCUT2D eigenvalue weighted by molar-refractivity contribution is 7.80. The van der Waals surface area contributed by atoms with Crippen molar-refractivity contribution in [3.63, 3.8) is 0 Å². The van der Waals surface area contributed by atoms with Gasteiger partial charge in [-0.2, -0.15) is 0 Å². The zero-order chi connectivity index (χ0) is 27.1. The summed E-state index contributed by atoms with van der Waals surface area (Å²) in [5.74, 6) is -1.32. The summed E-state index contributed by atoms with van der Waals surface area (Å²) in [6, 6.07) is 9.31. The van der Waals surface area contributed by atoms with Crippen molar-refractivity contribution in [2.24, 2.45) is 0 Å². The second kappa shape index (κ2) is 10.3. The van der Waals surface area contributed by atoms with Crippen LogP contribution in [0, 0.1) is 20.8 Å². The molecule has 1 aliphatic carbocycles. The lowest BCUT2D eigenvalue weighted by Crippen LogP contribution is -2.54. The summed E-state index contributed by atoms with van der Waals surface area (Å²) in [6.45, 7) is 7.96. The second-order valence-corrected chi connectivity index (χ2v) is 11.0. The third-order valence-corrected chi connectivity index (χ3v) is 8.56. The first-order valence-corrected chi connectivity index (χ1v) is 13.9. The number of hydrogen-bond donors (Lipinski definition) is 1. The number of rotatable bonds is 5. The molecule has 3 aromatic rings. The van der Waals surface area contributed by atoms with Gasteiger partial charge in [0.25, 0.3) is 11.8 Å². The van der Waals surface area contributed by atoms with E-state index in [1.54, 1.807) is 29.5 Å². The number of nitrogens with one attached hydrogen (secondary N) is 1. The summed E-state index contributed by atoms with van der Waals surface area (Å²) in [6.07, 6.45) is 5.57. The lowest BCUT2D eigenvalue weighted by molar-refractivity contribution is -0.122. The quantitative estimate of drug-likeness (QED) is 0.202. The van der Waals surface area contributed by atoms with Crippen molar-refractivity contribution in [1.82, 2.24) is 9.88 Å². The number of anilines is 1. The van der Waals surface area contributed by atoms with Crippen molar-refractivity contribution < 1.29 is 19.1 Å². The number of nitrogens with zero attached hydrogens (tertiary/aromatic N) is 2. The number of carbonyl (C=O) groups excluding carboxylic acids is 3. The van der Waals surface area contributed by atoms with E-state index in [9.17, 15) is 14.4 Å². The van der Waals surface area contributed by atoms with Gasteiger partial charge in [-0.1, -0.05) is 17.7 Å². The van der Waals surface area contributed by atoms with Gasteiger partial charge in [0.15, 0.2) is 5.11 Å². The van der Waals surface area contributed by atoms with Gasteiger partial charge in [-0.15, -0.1) is 11.3 Å². The second-order valence-electron chi connectivity index (χ2n) is 9.57. The third-order valence-electron chi connectivity index (χ3n) is 7.00. The van der Waals surface area contributed by atoms with Gasteiger partial charge in [0.05, 0.1) is 17.9 Å². The van der Waals surface area contributed by atoms with Crippen LogP contribution in [0.3, 0.4) is 0 Å². The number of aromatic nitrogens is 1. The van der Waals surface area contributed by atoms with Crippen LogP contribution >= 0.6 is 23.6 Å². The van der Waals surface area contributed by atoms with Crippen LogP contribution in [0.1, 0.15) is 63.1 Å². The first-order chi connectivity index (χ1) is 18.2. The van der Waals surface area contributed by atoms with Crippen LogP contribution < -0.4 is 10.2 Å². The van der Waals surface area contributed by atoms with Crippen LogP contribution in [0.5, 0.6) is 0 Å². The molecule has 38 heavy (non-hydrogen) atoms. The molecule has 1 fully saturated rings. The summed E-state index contributed by atoms with van der Waals surface area (Å²) in [7, 11) is 0. The van der Waals surface area contributed by atoms with Gasteiger partial charge in [0.2, 0.25) is 0 Å². The van der Waals surface area contributed by atoms with E-state index in [-0.39, 0.29) is 16.7 Å². The summed E-state index contributed by atoms with van der Waals surface area (Å²) in [5.41, 5.74) is 5.80. The lowest BCUT2D eigenvalue weighted by atomic mass is 9.95. The van der Waals surface area contributed by atoms with Crippen molar-refractivity contribution >= 4 is 58.2 Å². The molecule has 1 aromatic carbocycles. The molecule has 9 heteroatoms. The first kappa shape index (κ1) is 26.1. The van der Waals surface area contributed by atoms with Gasteiger partial charge >= 0.3 is 5.97 Å². The minimum absolute atomic E-state index is 0.00415. The summed E-state index contributed by atoms with van der Waals surface area (Å²) in [4.78, 5) is 42.0. The zero-order valence-corrected chi connectivity index (χ0v) is 23.5. The monoisotopic (exact) mass is 547 g/mol. The Balaban J connectivity index is 1.58. The Morgan fingerprint density at radius 1 is 1.13 bits per heavy atom. The molecule has 2 aliphatic rings. The highest BCUT2D eigenvalue weighted by atomic mass is 32.1. The fraction of sp³-hybridized carbons (Fsp3) is 0.310. The van der Waals surface area contributed by atoms with Crippen LogP contribution in [-0.2, 0) is 27.2 Å². The molecule has 3 heterocycles. The van der Waals surface area contributed by atoms with Gasteiger partial charge in [0, 0.05) is 16.3 Å². The van der Waals surface area contributed by atoms with E-state index in [0.717, 1.165) is 58.8 Å². The van der Waals surface area contributed by atoms with E-state index in [1.165, 1.54) is 9.78 Å². The minimum Gasteiger partial charge on any atom is -0.462 e. The van der Waals surface area contributed by atoms with Crippen LogP contribution in [0.25, 0.3) is 11.1 Å². The maximum atomic E-state index is 13.5. The number of fused-ring (bicyclic) bond motifs is 1. The topological polar surface area (TPSA) is 80.6 Å². The van der Waals surface area contributed by atoms with E-state index in [1.807, 2.05) is 50.5 Å². The average Bonchev–Trinajstić information content (AvgIpc) is 3.38. The third kappa shape index (κ3) is 4.50. The van der Waals surface area contributed by atoms with E-state index < -0.39 is 11.8 Å². The number of carbonyl (C=O) groups is 3. The van der Waals surface area contributed by atoms with E-state index in [0.29, 0.717) is 17.9 Å². The van der Waals surface area contributed by atoms with Crippen molar-refractivity contribution in [1.29, 1.82) is 0 Å². The van der Waals surface area contributed by atoms with Gasteiger partial charge in [-0.05, 0) is 101 Å². The van der Waals surface area contributed by atoms with Crippen LogP contribution in [0.2, 0.25) is 0 Å². The highest BCUT2D eigenvalue weighted by Crippen LogP contribution is 2.39. The van der Waals surface area contributed by atoms with Crippen LogP contribution in [0.15, 0.2) is 35.9 Å². The number of benzene rings is 1. The van der Waals surface area contributed by atoms with E-state index in [2.05, 4.69) is 5.32 Å². The summed E-state index contributed by atoms with van der Waals surface area (Å²) < 4.78 is 7.49. The number of hydrogen-bond acceptors (Lipinski definition) is 6. The van der Waals surface area contributed by atoms with Gasteiger partial charge < -0.3 is 9.30 Å². The Labute approximate surface area is 231 Å². The summed E-state index contributed by atoms with van der Waals surface area (Å²) >= 11 is 6.96. The molecule has 1 aliphatic heterocycles. The Morgan fingerprint density at radius 2 is 1.84 bits per heavy atom. The summed E-state index contributed by atoms with van der Waals surface area (Å²) in [5, 5.41) is 3.53. The highest BCUT2D eigenvalue weighted by Gasteiger charge is 2.35. The zero-order valence-electron chi connectivity index (χ0n) is 21.8. The fourth-order valence-corrected chi connectivity index (χ4v) is 6.88. The van der Waals surface area contributed by atoms with Crippen LogP contribution in [-0.4, -0.2) is 34.1 Å². The predicted molar refractivity (Wildman–Crippen MR) is 153 cm³/mol. The Kier molecular flexibility index (Phi) is 7.07. The van der Waals surface area contributed by atoms with Gasteiger partial charge in [-0.3, -0.25) is 19.8 Å². The normalized spacial score (nSPS) is 16.6.